The Labute approximate surface area is 111 Å². The van der Waals surface area contributed by atoms with Crippen LogP contribution in [0.25, 0.3) is 0 Å². The van der Waals surface area contributed by atoms with Crippen LogP contribution in [0.5, 0.6) is 5.75 Å². The Balaban J connectivity index is 2.85. The zero-order valence-electron chi connectivity index (χ0n) is 10.6. The lowest BCUT2D eigenvalue weighted by Crippen LogP contribution is -2.11. The zero-order chi connectivity index (χ0) is 12.8. The normalized spacial score (nSPS) is 12.2. The Hall–Kier alpha value is -0.830. The summed E-state index contributed by atoms with van der Waals surface area (Å²) in [5.41, 5.74) is 0.751. The maximum atomic E-state index is 12.1. The number of hydrogen-bond donors (Lipinski definition) is 0. The first-order valence-electron chi connectivity index (χ1n) is 6.06. The van der Waals surface area contributed by atoms with Crippen LogP contribution in [0.2, 0.25) is 0 Å². The predicted octanol–water partition coefficient (Wildman–Crippen LogP) is 4.47. The number of ketones is 1. The molecular formula is C14H19BrO2. The number of carbonyl (C=O) groups excluding carboxylic acids is 1. The summed E-state index contributed by atoms with van der Waals surface area (Å²) in [4.78, 5) is 12.1. The lowest BCUT2D eigenvalue weighted by molar-refractivity contribution is 0.0923. The first kappa shape index (κ1) is 14.2. The van der Waals surface area contributed by atoms with Crippen LogP contribution in [0.15, 0.2) is 22.7 Å². The minimum absolute atomic E-state index is 0.0878. The zero-order valence-corrected chi connectivity index (χ0v) is 12.2. The Morgan fingerprint density at radius 3 is 2.65 bits per heavy atom. The maximum absolute atomic E-state index is 12.1. The van der Waals surface area contributed by atoms with Crippen LogP contribution in [0.4, 0.5) is 0 Å². The van der Waals surface area contributed by atoms with Gasteiger partial charge in [0.15, 0.2) is 5.78 Å². The molecule has 0 aromatic heterocycles. The standard InChI is InChI=1S/C14H19BrO2/c1-4-6-10(3)14(16)11-7-8-13(17-5-2)12(15)9-11/h7-10H,4-6H2,1-3H3. The molecule has 0 aliphatic carbocycles. The molecule has 94 valence electrons. The number of rotatable bonds is 6. The summed E-state index contributed by atoms with van der Waals surface area (Å²) in [5.74, 6) is 1.08. The van der Waals surface area contributed by atoms with E-state index in [-0.39, 0.29) is 11.7 Å². The van der Waals surface area contributed by atoms with Crippen molar-refractivity contribution in [2.24, 2.45) is 5.92 Å². The van der Waals surface area contributed by atoms with Crippen molar-refractivity contribution < 1.29 is 9.53 Å². The number of ether oxygens (including phenoxy) is 1. The molecular weight excluding hydrogens is 280 g/mol. The number of carbonyl (C=O) groups is 1. The third kappa shape index (κ3) is 3.84. The molecule has 2 nitrogen and oxygen atoms in total. The monoisotopic (exact) mass is 298 g/mol. The van der Waals surface area contributed by atoms with E-state index < -0.39 is 0 Å². The second-order valence-corrected chi connectivity index (χ2v) is 4.99. The van der Waals surface area contributed by atoms with E-state index in [0.29, 0.717) is 6.61 Å². The van der Waals surface area contributed by atoms with Crippen molar-refractivity contribution in [3.05, 3.63) is 28.2 Å². The van der Waals surface area contributed by atoms with Gasteiger partial charge in [0.05, 0.1) is 11.1 Å². The van der Waals surface area contributed by atoms with Gasteiger partial charge in [-0.15, -0.1) is 0 Å². The fourth-order valence-electron chi connectivity index (χ4n) is 1.78. The molecule has 1 rings (SSSR count). The molecule has 0 aliphatic heterocycles. The Morgan fingerprint density at radius 2 is 2.12 bits per heavy atom. The van der Waals surface area contributed by atoms with Gasteiger partial charge in [-0.1, -0.05) is 20.3 Å². The third-order valence-electron chi connectivity index (χ3n) is 2.69. The quantitative estimate of drug-likeness (QED) is 0.725. The van der Waals surface area contributed by atoms with Gasteiger partial charge in [-0.25, -0.2) is 0 Å². The summed E-state index contributed by atoms with van der Waals surface area (Å²) in [6.07, 6.45) is 1.97. The van der Waals surface area contributed by atoms with Crippen LogP contribution < -0.4 is 4.74 Å². The van der Waals surface area contributed by atoms with E-state index in [0.717, 1.165) is 28.6 Å². The molecule has 0 bridgehead atoms. The van der Waals surface area contributed by atoms with Crippen molar-refractivity contribution in [3.8, 4) is 5.75 Å². The van der Waals surface area contributed by atoms with Gasteiger partial charge < -0.3 is 4.74 Å². The summed E-state index contributed by atoms with van der Waals surface area (Å²) in [6, 6.07) is 5.53. The summed E-state index contributed by atoms with van der Waals surface area (Å²) < 4.78 is 6.26. The van der Waals surface area contributed by atoms with Crippen molar-refractivity contribution in [1.82, 2.24) is 0 Å². The highest BCUT2D eigenvalue weighted by molar-refractivity contribution is 9.10. The van der Waals surface area contributed by atoms with Crippen molar-refractivity contribution in [3.63, 3.8) is 0 Å². The molecule has 0 heterocycles. The molecule has 1 atom stereocenters. The lowest BCUT2D eigenvalue weighted by Gasteiger charge is -2.11. The average molecular weight is 299 g/mol. The molecule has 0 saturated heterocycles. The van der Waals surface area contributed by atoms with Gasteiger partial charge >= 0.3 is 0 Å². The Kier molecular flexibility index (Phi) is 5.69. The van der Waals surface area contributed by atoms with Crippen LogP contribution in [0.1, 0.15) is 44.0 Å². The molecule has 0 aliphatic rings. The van der Waals surface area contributed by atoms with Crippen LogP contribution in [-0.4, -0.2) is 12.4 Å². The van der Waals surface area contributed by atoms with E-state index in [2.05, 4.69) is 22.9 Å². The van der Waals surface area contributed by atoms with Gasteiger partial charge in [0, 0.05) is 11.5 Å². The van der Waals surface area contributed by atoms with E-state index in [1.54, 1.807) is 0 Å². The van der Waals surface area contributed by atoms with Gasteiger partial charge in [-0.3, -0.25) is 4.79 Å². The molecule has 1 aromatic rings. The van der Waals surface area contributed by atoms with E-state index in [1.807, 2.05) is 32.0 Å². The van der Waals surface area contributed by atoms with Crippen LogP contribution in [0, 0.1) is 5.92 Å². The second kappa shape index (κ2) is 6.80. The first-order chi connectivity index (χ1) is 8.10. The molecule has 0 amide bonds. The highest BCUT2D eigenvalue weighted by Gasteiger charge is 2.15. The lowest BCUT2D eigenvalue weighted by atomic mass is 9.95. The van der Waals surface area contributed by atoms with E-state index in [4.69, 9.17) is 4.74 Å². The number of Topliss-reactive ketones (excluding diaryl/α,β-unsaturated/α-hetero) is 1. The molecule has 17 heavy (non-hydrogen) atoms. The fraction of sp³-hybridized carbons (Fsp3) is 0.500. The van der Waals surface area contributed by atoms with Crippen LogP contribution in [-0.2, 0) is 0 Å². The second-order valence-electron chi connectivity index (χ2n) is 4.13. The van der Waals surface area contributed by atoms with Crippen molar-refractivity contribution in [2.45, 2.75) is 33.6 Å². The maximum Gasteiger partial charge on any atom is 0.165 e. The van der Waals surface area contributed by atoms with Gasteiger partial charge in [0.2, 0.25) is 0 Å². The topological polar surface area (TPSA) is 26.3 Å². The summed E-state index contributed by atoms with van der Waals surface area (Å²) in [6.45, 7) is 6.64. The smallest absolute Gasteiger partial charge is 0.165 e. The summed E-state index contributed by atoms with van der Waals surface area (Å²) in [5, 5.41) is 0. The first-order valence-corrected chi connectivity index (χ1v) is 6.86. The summed E-state index contributed by atoms with van der Waals surface area (Å²) >= 11 is 3.43. The van der Waals surface area contributed by atoms with Crippen molar-refractivity contribution in [1.29, 1.82) is 0 Å². The number of benzene rings is 1. The number of halogens is 1. The third-order valence-corrected chi connectivity index (χ3v) is 3.31. The predicted molar refractivity (Wildman–Crippen MR) is 73.7 cm³/mol. The molecule has 0 N–H and O–H groups in total. The van der Waals surface area contributed by atoms with Gasteiger partial charge in [0.25, 0.3) is 0 Å². The highest BCUT2D eigenvalue weighted by Crippen LogP contribution is 2.27. The van der Waals surface area contributed by atoms with E-state index >= 15 is 0 Å². The van der Waals surface area contributed by atoms with E-state index in [1.165, 1.54) is 0 Å². The van der Waals surface area contributed by atoms with Gasteiger partial charge in [-0.05, 0) is 47.5 Å². The molecule has 1 aromatic carbocycles. The van der Waals surface area contributed by atoms with Crippen molar-refractivity contribution in [2.75, 3.05) is 6.61 Å². The Morgan fingerprint density at radius 1 is 1.41 bits per heavy atom. The van der Waals surface area contributed by atoms with Gasteiger partial charge in [0.1, 0.15) is 5.75 Å². The molecule has 0 spiro atoms. The largest absolute Gasteiger partial charge is 0.493 e. The molecule has 0 radical (unpaired) electrons. The van der Waals surface area contributed by atoms with Gasteiger partial charge in [-0.2, -0.15) is 0 Å². The molecule has 0 saturated carbocycles. The minimum Gasteiger partial charge on any atom is -0.493 e. The number of hydrogen-bond acceptors (Lipinski definition) is 2. The molecule has 0 fully saturated rings. The Bertz CT molecular complexity index is 388. The fourth-order valence-corrected chi connectivity index (χ4v) is 2.27. The minimum atomic E-state index is 0.0878. The van der Waals surface area contributed by atoms with Crippen molar-refractivity contribution >= 4 is 21.7 Å². The van der Waals surface area contributed by atoms with Crippen LogP contribution >= 0.6 is 15.9 Å². The average Bonchev–Trinajstić information content (AvgIpc) is 2.31. The SMILES string of the molecule is CCCC(C)C(=O)c1ccc(OCC)c(Br)c1. The van der Waals surface area contributed by atoms with E-state index in [9.17, 15) is 4.79 Å². The molecule has 3 heteroatoms. The van der Waals surface area contributed by atoms with Crippen LogP contribution in [0.3, 0.4) is 0 Å². The molecule has 1 unspecified atom stereocenters. The summed E-state index contributed by atoms with van der Waals surface area (Å²) in [7, 11) is 0. The highest BCUT2D eigenvalue weighted by atomic mass is 79.9.